The van der Waals surface area contributed by atoms with Crippen LogP contribution in [0.25, 0.3) is 11.3 Å². The van der Waals surface area contributed by atoms with Gasteiger partial charge in [-0.1, -0.05) is 0 Å². The number of aromatic nitrogens is 1. The maximum Gasteiger partial charge on any atom is 0.231 e. The quantitative estimate of drug-likeness (QED) is 0.854. The molecule has 0 atom stereocenters. The van der Waals surface area contributed by atoms with Gasteiger partial charge in [0.25, 0.3) is 0 Å². The summed E-state index contributed by atoms with van der Waals surface area (Å²) < 4.78 is 10.7. The minimum Gasteiger partial charge on any atom is -0.454 e. The first-order valence-electron chi connectivity index (χ1n) is 5.89. The van der Waals surface area contributed by atoms with Gasteiger partial charge in [0.1, 0.15) is 0 Å². The lowest BCUT2D eigenvalue weighted by molar-refractivity contribution is 0.174. The molecule has 0 fully saturated rings. The lowest BCUT2D eigenvalue weighted by Gasteiger charge is -2.05. The zero-order chi connectivity index (χ0) is 12.7. The van der Waals surface area contributed by atoms with E-state index in [9.17, 15) is 5.11 Å². The highest BCUT2D eigenvalue weighted by Gasteiger charge is 2.17. The Morgan fingerprint density at radius 3 is 2.56 bits per heavy atom. The van der Waals surface area contributed by atoms with Crippen molar-refractivity contribution in [2.24, 2.45) is 0 Å². The van der Waals surface area contributed by atoms with Crippen LogP contribution in [0.4, 0.5) is 0 Å². The highest BCUT2D eigenvalue weighted by molar-refractivity contribution is 5.69. The molecule has 18 heavy (non-hydrogen) atoms. The summed E-state index contributed by atoms with van der Waals surface area (Å²) >= 11 is 0. The molecule has 0 unspecified atom stereocenters. The van der Waals surface area contributed by atoms with Crippen LogP contribution in [0.15, 0.2) is 18.2 Å². The molecule has 2 heterocycles. The summed E-state index contributed by atoms with van der Waals surface area (Å²) in [5.41, 5.74) is 5.09. The van der Waals surface area contributed by atoms with Crippen molar-refractivity contribution in [1.82, 2.24) is 4.98 Å². The predicted octanol–water partition coefficient (Wildman–Crippen LogP) is 2.52. The Kier molecular flexibility index (Phi) is 2.52. The van der Waals surface area contributed by atoms with E-state index in [1.54, 1.807) is 0 Å². The van der Waals surface area contributed by atoms with Gasteiger partial charge >= 0.3 is 0 Å². The third-order valence-corrected chi connectivity index (χ3v) is 3.30. The first kappa shape index (κ1) is 11.2. The van der Waals surface area contributed by atoms with E-state index in [4.69, 9.17) is 9.47 Å². The Balaban J connectivity index is 2.10. The van der Waals surface area contributed by atoms with Crippen LogP contribution in [0.3, 0.4) is 0 Å². The summed E-state index contributed by atoms with van der Waals surface area (Å²) in [5.74, 6) is 1.57. The summed E-state index contributed by atoms with van der Waals surface area (Å²) in [6.45, 7) is 4.32. The van der Waals surface area contributed by atoms with Crippen molar-refractivity contribution >= 4 is 0 Å². The van der Waals surface area contributed by atoms with Crippen LogP contribution < -0.4 is 9.47 Å². The lowest BCUT2D eigenvalue weighted by atomic mass is 10.0. The number of ether oxygens (including phenoxy) is 2. The fourth-order valence-electron chi connectivity index (χ4n) is 2.24. The van der Waals surface area contributed by atoms with Crippen LogP contribution in [-0.4, -0.2) is 16.9 Å². The number of aryl methyl sites for hydroxylation is 2. The SMILES string of the molecule is Cc1cc2c(cc1-c1cc(CO)c(C)[nH]1)OCO2. The molecule has 1 aliphatic heterocycles. The van der Waals surface area contributed by atoms with Crippen molar-refractivity contribution in [2.75, 3.05) is 6.79 Å². The van der Waals surface area contributed by atoms with E-state index >= 15 is 0 Å². The maximum absolute atomic E-state index is 9.24. The number of fused-ring (bicyclic) bond motifs is 1. The second kappa shape index (κ2) is 4.07. The number of aromatic amines is 1. The topological polar surface area (TPSA) is 54.5 Å². The molecule has 4 heteroatoms. The summed E-state index contributed by atoms with van der Waals surface area (Å²) in [6, 6.07) is 5.93. The smallest absolute Gasteiger partial charge is 0.231 e. The zero-order valence-corrected chi connectivity index (χ0v) is 10.4. The highest BCUT2D eigenvalue weighted by Crippen LogP contribution is 2.38. The fraction of sp³-hybridized carbons (Fsp3) is 0.286. The van der Waals surface area contributed by atoms with Crippen LogP contribution in [0, 0.1) is 13.8 Å². The number of aliphatic hydroxyl groups excluding tert-OH is 1. The molecule has 94 valence electrons. The summed E-state index contributed by atoms with van der Waals surface area (Å²) in [6.07, 6.45) is 0. The van der Waals surface area contributed by atoms with Gasteiger partial charge in [-0.15, -0.1) is 0 Å². The van der Waals surface area contributed by atoms with Crippen LogP contribution in [0.5, 0.6) is 11.5 Å². The van der Waals surface area contributed by atoms with Gasteiger partial charge in [-0.3, -0.25) is 0 Å². The zero-order valence-electron chi connectivity index (χ0n) is 10.4. The predicted molar refractivity (Wildman–Crippen MR) is 67.7 cm³/mol. The van der Waals surface area contributed by atoms with Crippen molar-refractivity contribution < 1.29 is 14.6 Å². The van der Waals surface area contributed by atoms with Crippen molar-refractivity contribution in [1.29, 1.82) is 0 Å². The standard InChI is InChI=1S/C14H15NO3/c1-8-3-13-14(18-7-17-13)5-11(8)12-4-10(6-16)9(2)15-12/h3-5,15-16H,6-7H2,1-2H3. The van der Waals surface area contributed by atoms with Gasteiger partial charge in [0.15, 0.2) is 11.5 Å². The number of nitrogens with one attached hydrogen (secondary N) is 1. The molecule has 0 saturated heterocycles. The molecule has 2 N–H and O–H groups in total. The fourth-order valence-corrected chi connectivity index (χ4v) is 2.24. The van der Waals surface area contributed by atoms with Crippen LogP contribution in [0.2, 0.25) is 0 Å². The van der Waals surface area contributed by atoms with E-state index < -0.39 is 0 Å². The van der Waals surface area contributed by atoms with E-state index in [1.807, 2.05) is 32.0 Å². The van der Waals surface area contributed by atoms with Gasteiger partial charge < -0.3 is 19.6 Å². The Hall–Kier alpha value is -1.94. The van der Waals surface area contributed by atoms with Gasteiger partial charge in [0.2, 0.25) is 6.79 Å². The van der Waals surface area contributed by atoms with Gasteiger partial charge in [-0.05, 0) is 43.2 Å². The first-order valence-corrected chi connectivity index (χ1v) is 5.89. The number of H-pyrrole nitrogens is 1. The van der Waals surface area contributed by atoms with Crippen LogP contribution >= 0.6 is 0 Å². The molecule has 0 amide bonds. The van der Waals surface area contributed by atoms with Crippen molar-refractivity contribution in [2.45, 2.75) is 20.5 Å². The molecule has 0 bridgehead atoms. The number of aliphatic hydroxyl groups is 1. The summed E-state index contributed by atoms with van der Waals surface area (Å²) in [7, 11) is 0. The summed E-state index contributed by atoms with van der Waals surface area (Å²) in [4.78, 5) is 3.29. The molecule has 0 saturated carbocycles. The molecular weight excluding hydrogens is 230 g/mol. The van der Waals surface area contributed by atoms with Gasteiger partial charge in [0.05, 0.1) is 6.61 Å². The molecule has 0 aliphatic carbocycles. The van der Waals surface area contributed by atoms with E-state index in [2.05, 4.69) is 4.98 Å². The van der Waals surface area contributed by atoms with Gasteiger partial charge in [-0.25, -0.2) is 0 Å². The van der Waals surface area contributed by atoms with Crippen LogP contribution in [-0.2, 0) is 6.61 Å². The Labute approximate surface area is 105 Å². The first-order chi connectivity index (χ1) is 8.69. The minimum atomic E-state index is 0.0476. The lowest BCUT2D eigenvalue weighted by Crippen LogP contribution is -1.92. The average Bonchev–Trinajstić information content (AvgIpc) is 2.93. The van der Waals surface area contributed by atoms with Crippen molar-refractivity contribution in [3.05, 3.63) is 35.0 Å². The number of hydrogen-bond donors (Lipinski definition) is 2. The van der Waals surface area contributed by atoms with Gasteiger partial charge in [0, 0.05) is 17.0 Å². The van der Waals surface area contributed by atoms with Gasteiger partial charge in [-0.2, -0.15) is 0 Å². The number of rotatable bonds is 2. The van der Waals surface area contributed by atoms with Crippen molar-refractivity contribution in [3.63, 3.8) is 0 Å². The minimum absolute atomic E-state index is 0.0476. The van der Waals surface area contributed by atoms with Crippen molar-refractivity contribution in [3.8, 4) is 22.8 Å². The molecule has 0 radical (unpaired) electrons. The Morgan fingerprint density at radius 2 is 1.89 bits per heavy atom. The van der Waals surface area contributed by atoms with E-state index in [0.29, 0.717) is 0 Å². The normalized spacial score (nSPS) is 13.1. The highest BCUT2D eigenvalue weighted by atomic mass is 16.7. The molecule has 1 aliphatic rings. The summed E-state index contributed by atoms with van der Waals surface area (Å²) in [5, 5.41) is 9.24. The molecule has 1 aromatic carbocycles. The third-order valence-electron chi connectivity index (χ3n) is 3.30. The largest absolute Gasteiger partial charge is 0.454 e. The Bertz CT molecular complexity index is 601. The van der Waals surface area contributed by atoms with E-state index in [1.165, 1.54) is 0 Å². The van der Waals surface area contributed by atoms with Crippen LogP contribution in [0.1, 0.15) is 16.8 Å². The molecule has 4 nitrogen and oxygen atoms in total. The molecule has 3 rings (SSSR count). The second-order valence-electron chi connectivity index (χ2n) is 4.51. The molecule has 0 spiro atoms. The molecule has 1 aromatic heterocycles. The number of hydrogen-bond acceptors (Lipinski definition) is 3. The van der Waals surface area contributed by atoms with E-state index in [0.717, 1.165) is 39.6 Å². The monoisotopic (exact) mass is 245 g/mol. The number of benzene rings is 1. The maximum atomic E-state index is 9.24. The third kappa shape index (κ3) is 1.66. The molecule has 2 aromatic rings. The average molecular weight is 245 g/mol. The second-order valence-corrected chi connectivity index (χ2v) is 4.51. The Morgan fingerprint density at radius 1 is 1.17 bits per heavy atom. The van der Waals surface area contributed by atoms with E-state index in [-0.39, 0.29) is 13.4 Å². The molecular formula is C14H15NO3.